The van der Waals surface area contributed by atoms with Gasteiger partial charge in [-0.15, -0.1) is 0 Å². The van der Waals surface area contributed by atoms with Crippen LogP contribution in [0.3, 0.4) is 0 Å². The van der Waals surface area contributed by atoms with Crippen molar-refractivity contribution >= 4 is 41.8 Å². The standard InChI is InChI=1S/C8H12N5O4P.C8H17NOS/c9-7-6-8(11-3-10-7)13(4-12-6)1-2-17-5-18(14,15)16;1-4-5-10-8(11)7(9)6(2)3/h3-4H,1-2,5H2,(H2,9,10,11)(H2,14,15,16);6-7H,4-5,9H2,1-3H3. The Kier molecular flexibility index (Phi) is 10.6. The third kappa shape index (κ3) is 9.11. The Labute approximate surface area is 175 Å². The summed E-state index contributed by atoms with van der Waals surface area (Å²) in [5.74, 6) is 0.647. The number of hydrogen-bond donors (Lipinski definition) is 4. The monoisotopic (exact) mass is 448 g/mol. The van der Waals surface area contributed by atoms with Crippen LogP contribution in [0.2, 0.25) is 0 Å². The van der Waals surface area contributed by atoms with Crippen molar-refractivity contribution in [1.82, 2.24) is 19.5 Å². The highest BCUT2D eigenvalue weighted by Gasteiger charge is 2.14. The van der Waals surface area contributed by atoms with Gasteiger partial charge in [-0.2, -0.15) is 0 Å². The molecule has 2 aromatic rings. The molecule has 6 N–H and O–H groups in total. The van der Waals surface area contributed by atoms with Gasteiger partial charge in [0.2, 0.25) is 0 Å². The van der Waals surface area contributed by atoms with Gasteiger partial charge in [-0.25, -0.2) is 15.0 Å². The van der Waals surface area contributed by atoms with E-state index in [1.165, 1.54) is 12.7 Å². The highest BCUT2D eigenvalue weighted by Crippen LogP contribution is 2.33. The van der Waals surface area contributed by atoms with E-state index in [0.717, 1.165) is 6.42 Å². The second kappa shape index (κ2) is 12.1. The molecule has 0 amide bonds. The van der Waals surface area contributed by atoms with Crippen molar-refractivity contribution in [2.24, 2.45) is 11.7 Å². The van der Waals surface area contributed by atoms with Crippen molar-refractivity contribution in [3.05, 3.63) is 12.7 Å². The van der Waals surface area contributed by atoms with Crippen LogP contribution in [0.25, 0.3) is 11.2 Å². The average Bonchev–Trinajstić information content (AvgIpc) is 3.07. The number of fused-ring (bicyclic) bond motifs is 1. The third-order valence-electron chi connectivity index (χ3n) is 3.60. The number of ether oxygens (including phenoxy) is 2. The van der Waals surface area contributed by atoms with Gasteiger partial charge in [0.25, 0.3) is 0 Å². The first-order valence-corrected chi connectivity index (χ1v) is 11.2. The number of anilines is 1. The van der Waals surface area contributed by atoms with E-state index in [-0.39, 0.29) is 18.5 Å². The maximum absolute atomic E-state index is 10.6. The molecule has 0 fully saturated rings. The molecule has 0 saturated heterocycles. The molecular weight excluding hydrogens is 419 g/mol. The predicted molar refractivity (Wildman–Crippen MR) is 114 cm³/mol. The summed E-state index contributed by atoms with van der Waals surface area (Å²) in [6.07, 6.45) is 3.23. The fraction of sp³-hybridized carbons (Fsp3) is 0.625. The quantitative estimate of drug-likeness (QED) is 0.247. The van der Waals surface area contributed by atoms with Gasteiger partial charge in [0.15, 0.2) is 16.5 Å². The first-order valence-electron chi connectivity index (χ1n) is 9.02. The Balaban J connectivity index is 0.000000331. The van der Waals surface area contributed by atoms with Crippen LogP contribution in [0.1, 0.15) is 27.2 Å². The second-order valence-electron chi connectivity index (χ2n) is 6.51. The zero-order chi connectivity index (χ0) is 22.0. The van der Waals surface area contributed by atoms with Crippen molar-refractivity contribution in [2.75, 3.05) is 25.3 Å². The van der Waals surface area contributed by atoms with Crippen LogP contribution < -0.4 is 11.5 Å². The minimum atomic E-state index is -4.12. The molecule has 29 heavy (non-hydrogen) atoms. The summed E-state index contributed by atoms with van der Waals surface area (Å²) in [6, 6.07) is -0.100. The number of nitrogens with zero attached hydrogens (tertiary/aromatic N) is 4. The van der Waals surface area contributed by atoms with Gasteiger partial charge in [-0.05, 0) is 24.6 Å². The molecule has 13 heteroatoms. The molecule has 2 heterocycles. The number of hydrogen-bond acceptors (Lipinski definition) is 9. The molecule has 0 aromatic carbocycles. The molecule has 1 atom stereocenters. The van der Waals surface area contributed by atoms with Gasteiger partial charge in [0.1, 0.15) is 18.2 Å². The number of thiocarbonyl (C=S) groups is 1. The van der Waals surface area contributed by atoms with Gasteiger partial charge in [-0.3, -0.25) is 4.57 Å². The Bertz CT molecular complexity index is 827. The molecule has 164 valence electrons. The van der Waals surface area contributed by atoms with Crippen molar-refractivity contribution in [2.45, 2.75) is 39.8 Å². The van der Waals surface area contributed by atoms with E-state index in [1.807, 2.05) is 20.8 Å². The van der Waals surface area contributed by atoms with Crippen molar-refractivity contribution < 1.29 is 23.8 Å². The maximum atomic E-state index is 10.6. The topological polar surface area (TPSA) is 172 Å². The highest BCUT2D eigenvalue weighted by atomic mass is 32.1. The van der Waals surface area contributed by atoms with Crippen molar-refractivity contribution in [1.29, 1.82) is 0 Å². The largest absolute Gasteiger partial charge is 0.485 e. The summed E-state index contributed by atoms with van der Waals surface area (Å²) in [5.41, 5.74) is 12.4. The van der Waals surface area contributed by atoms with Crippen LogP contribution in [0.15, 0.2) is 12.7 Å². The zero-order valence-electron chi connectivity index (χ0n) is 16.8. The van der Waals surface area contributed by atoms with E-state index in [2.05, 4.69) is 15.0 Å². The average molecular weight is 448 g/mol. The lowest BCUT2D eigenvalue weighted by Gasteiger charge is -2.16. The van der Waals surface area contributed by atoms with Crippen molar-refractivity contribution in [3.8, 4) is 0 Å². The smallest absolute Gasteiger partial charge is 0.350 e. The molecule has 11 nitrogen and oxygen atoms in total. The molecule has 0 spiro atoms. The van der Waals surface area contributed by atoms with Crippen LogP contribution in [-0.2, 0) is 20.6 Å². The summed E-state index contributed by atoms with van der Waals surface area (Å²) in [6.45, 7) is 7.30. The molecule has 0 aliphatic heterocycles. The highest BCUT2D eigenvalue weighted by molar-refractivity contribution is 7.80. The molecular formula is C16H29N6O5PS. The first kappa shape index (κ1) is 25.3. The van der Waals surface area contributed by atoms with Crippen LogP contribution in [0.4, 0.5) is 5.82 Å². The van der Waals surface area contributed by atoms with E-state index < -0.39 is 13.9 Å². The molecule has 0 aliphatic rings. The number of nitrogen functional groups attached to an aromatic ring is 1. The van der Waals surface area contributed by atoms with Crippen molar-refractivity contribution in [3.63, 3.8) is 0 Å². The Morgan fingerprint density at radius 2 is 2.00 bits per heavy atom. The summed E-state index contributed by atoms with van der Waals surface area (Å²) < 4.78 is 22.3. The molecule has 0 saturated carbocycles. The fourth-order valence-electron chi connectivity index (χ4n) is 1.98. The summed E-state index contributed by atoms with van der Waals surface area (Å²) in [4.78, 5) is 29.1. The summed E-state index contributed by atoms with van der Waals surface area (Å²) in [5, 5.41) is 0.543. The first-order chi connectivity index (χ1) is 13.6. The molecule has 2 rings (SSSR count). The SMILES string of the molecule is CCCOC(=S)C(N)C(C)C.Nc1ncnc2c1ncn2CCOCP(=O)(O)O. The minimum absolute atomic E-state index is 0.100. The summed E-state index contributed by atoms with van der Waals surface area (Å²) >= 11 is 4.97. The van der Waals surface area contributed by atoms with Crippen LogP contribution in [-0.4, -0.2) is 60.0 Å². The molecule has 0 bridgehead atoms. The van der Waals surface area contributed by atoms with Crippen LogP contribution >= 0.6 is 19.8 Å². The van der Waals surface area contributed by atoms with Gasteiger partial charge in [0.05, 0.1) is 25.6 Å². The third-order valence-corrected chi connectivity index (χ3v) is 4.51. The van der Waals surface area contributed by atoms with Gasteiger partial charge in [-0.1, -0.05) is 20.8 Å². The van der Waals surface area contributed by atoms with E-state index >= 15 is 0 Å². The lowest BCUT2D eigenvalue weighted by atomic mass is 10.1. The predicted octanol–water partition coefficient (Wildman–Crippen LogP) is 1.28. The van der Waals surface area contributed by atoms with E-state index in [0.29, 0.717) is 35.3 Å². The van der Waals surface area contributed by atoms with Gasteiger partial charge < -0.3 is 35.3 Å². The number of nitrogens with two attached hydrogens (primary N) is 2. The Hall–Kier alpha value is -1.69. The molecule has 1 unspecified atom stereocenters. The van der Waals surface area contributed by atoms with Gasteiger partial charge >= 0.3 is 7.60 Å². The molecule has 2 aromatic heterocycles. The number of rotatable bonds is 9. The zero-order valence-corrected chi connectivity index (χ0v) is 18.5. The summed E-state index contributed by atoms with van der Waals surface area (Å²) in [7, 11) is -4.12. The van der Waals surface area contributed by atoms with E-state index in [4.69, 9.17) is 42.9 Å². The Morgan fingerprint density at radius 3 is 2.59 bits per heavy atom. The second-order valence-corrected chi connectivity index (χ2v) is 8.50. The van der Waals surface area contributed by atoms with E-state index in [1.54, 1.807) is 4.57 Å². The number of imidazole rings is 1. The molecule has 0 radical (unpaired) electrons. The normalized spacial score (nSPS) is 12.5. The lowest BCUT2D eigenvalue weighted by Crippen LogP contribution is -2.35. The van der Waals surface area contributed by atoms with Crippen LogP contribution in [0, 0.1) is 5.92 Å². The lowest BCUT2D eigenvalue weighted by molar-refractivity contribution is 0.149. The van der Waals surface area contributed by atoms with E-state index in [9.17, 15) is 4.57 Å². The Morgan fingerprint density at radius 1 is 1.31 bits per heavy atom. The van der Waals surface area contributed by atoms with Crippen LogP contribution in [0.5, 0.6) is 0 Å². The maximum Gasteiger partial charge on any atom is 0.350 e. The van der Waals surface area contributed by atoms with Gasteiger partial charge in [0, 0.05) is 6.54 Å². The molecule has 0 aliphatic carbocycles. The minimum Gasteiger partial charge on any atom is -0.485 e. The fourth-order valence-corrected chi connectivity index (χ4v) is 2.70. The number of aromatic nitrogens is 4.